The highest BCUT2D eigenvalue weighted by Crippen LogP contribution is 2.57. The van der Waals surface area contributed by atoms with Gasteiger partial charge in [-0.1, -0.05) is 75.9 Å². The van der Waals surface area contributed by atoms with Crippen LogP contribution >= 0.6 is 0 Å². The molecule has 0 bridgehead atoms. The van der Waals surface area contributed by atoms with E-state index in [4.69, 9.17) is 0 Å². The maximum Gasteiger partial charge on any atom is 0.0185 e. The van der Waals surface area contributed by atoms with Crippen molar-refractivity contribution in [1.82, 2.24) is 0 Å². The van der Waals surface area contributed by atoms with Crippen LogP contribution in [-0.4, -0.2) is 0 Å². The number of hydrogen-bond acceptors (Lipinski definition) is 0. The third-order valence-corrected chi connectivity index (χ3v) is 4.39. The van der Waals surface area contributed by atoms with Gasteiger partial charge in [0, 0.05) is 5.41 Å². The van der Waals surface area contributed by atoms with E-state index in [-0.39, 0.29) is 10.8 Å². The number of allylic oxidation sites excluding steroid dienone is 5. The first-order valence-corrected chi connectivity index (χ1v) is 7.01. The van der Waals surface area contributed by atoms with Crippen LogP contribution in [0.25, 0.3) is 0 Å². The average molecular weight is 252 g/mol. The lowest BCUT2D eigenvalue weighted by Gasteiger charge is -2.27. The molecule has 1 fully saturated rings. The zero-order valence-corrected chi connectivity index (χ0v) is 12.5. The van der Waals surface area contributed by atoms with Crippen LogP contribution in [0.2, 0.25) is 0 Å². The highest BCUT2D eigenvalue weighted by atomic mass is 14.5. The summed E-state index contributed by atoms with van der Waals surface area (Å²) in [4.78, 5) is 0. The Morgan fingerprint density at radius 1 is 1.05 bits per heavy atom. The fourth-order valence-electron chi connectivity index (χ4n) is 3.74. The molecule has 1 unspecified atom stereocenters. The standard InChI is InChI=1S/C19H24/c1-6-11-17-16(7-2)18(3,4)14-19(17,5)15-12-9-8-10-13-15/h6-13H,1,14H2,2-5H3/b16-7+,17-11+. The maximum absolute atomic E-state index is 3.90. The monoisotopic (exact) mass is 252 g/mol. The van der Waals surface area contributed by atoms with Crippen LogP contribution in [0.5, 0.6) is 0 Å². The summed E-state index contributed by atoms with van der Waals surface area (Å²) in [6.45, 7) is 13.1. The fraction of sp³-hybridized carbons (Fsp3) is 0.368. The summed E-state index contributed by atoms with van der Waals surface area (Å²) in [6, 6.07) is 10.8. The summed E-state index contributed by atoms with van der Waals surface area (Å²) in [5, 5.41) is 0. The van der Waals surface area contributed by atoms with Crippen molar-refractivity contribution in [2.45, 2.75) is 39.5 Å². The van der Waals surface area contributed by atoms with E-state index >= 15 is 0 Å². The van der Waals surface area contributed by atoms with Gasteiger partial charge in [0.2, 0.25) is 0 Å². The van der Waals surface area contributed by atoms with Crippen molar-refractivity contribution < 1.29 is 0 Å². The Hall–Kier alpha value is -1.56. The van der Waals surface area contributed by atoms with E-state index in [0.717, 1.165) is 6.42 Å². The van der Waals surface area contributed by atoms with Crippen LogP contribution in [0.15, 0.2) is 66.3 Å². The molecule has 1 saturated carbocycles. The van der Waals surface area contributed by atoms with Gasteiger partial charge in [0.1, 0.15) is 0 Å². The van der Waals surface area contributed by atoms with E-state index < -0.39 is 0 Å². The van der Waals surface area contributed by atoms with Gasteiger partial charge in [-0.15, -0.1) is 0 Å². The smallest absolute Gasteiger partial charge is 0.0185 e. The number of benzene rings is 1. The minimum absolute atomic E-state index is 0.0841. The van der Waals surface area contributed by atoms with Gasteiger partial charge in [0.15, 0.2) is 0 Å². The van der Waals surface area contributed by atoms with Gasteiger partial charge in [-0.25, -0.2) is 0 Å². The first kappa shape index (κ1) is 13.9. The van der Waals surface area contributed by atoms with Crippen LogP contribution in [0.3, 0.4) is 0 Å². The lowest BCUT2D eigenvalue weighted by Crippen LogP contribution is -2.21. The summed E-state index contributed by atoms with van der Waals surface area (Å²) >= 11 is 0. The molecule has 0 heterocycles. The van der Waals surface area contributed by atoms with Gasteiger partial charge in [-0.05, 0) is 35.5 Å². The van der Waals surface area contributed by atoms with Crippen LogP contribution in [0, 0.1) is 5.41 Å². The molecule has 1 aliphatic carbocycles. The molecule has 0 aliphatic heterocycles. The predicted molar refractivity (Wildman–Crippen MR) is 84.2 cm³/mol. The average Bonchev–Trinajstić information content (AvgIpc) is 2.58. The quantitative estimate of drug-likeness (QED) is 0.658. The summed E-state index contributed by atoms with van der Waals surface area (Å²) in [5.74, 6) is 0. The lowest BCUT2D eigenvalue weighted by atomic mass is 9.76. The van der Waals surface area contributed by atoms with Crippen molar-refractivity contribution in [3.05, 3.63) is 71.8 Å². The molecule has 0 aromatic heterocycles. The maximum atomic E-state index is 3.90. The van der Waals surface area contributed by atoms with Crippen molar-refractivity contribution >= 4 is 0 Å². The molecule has 0 heteroatoms. The molecule has 0 nitrogen and oxygen atoms in total. The van der Waals surface area contributed by atoms with Crippen molar-refractivity contribution in [3.63, 3.8) is 0 Å². The molecule has 2 rings (SSSR count). The Labute approximate surface area is 117 Å². The van der Waals surface area contributed by atoms with Gasteiger partial charge < -0.3 is 0 Å². The second kappa shape index (κ2) is 4.85. The molecular weight excluding hydrogens is 228 g/mol. The molecule has 1 aromatic carbocycles. The lowest BCUT2D eigenvalue weighted by molar-refractivity contribution is 0.388. The van der Waals surface area contributed by atoms with Crippen LogP contribution in [-0.2, 0) is 5.41 Å². The first-order valence-electron chi connectivity index (χ1n) is 7.01. The zero-order valence-electron chi connectivity index (χ0n) is 12.5. The van der Waals surface area contributed by atoms with E-state index in [1.807, 2.05) is 6.08 Å². The topological polar surface area (TPSA) is 0 Å². The van der Waals surface area contributed by atoms with Crippen LogP contribution in [0.1, 0.15) is 39.7 Å². The molecule has 1 aliphatic rings. The zero-order chi connectivity index (χ0) is 14.1. The predicted octanol–water partition coefficient (Wildman–Crippen LogP) is 5.43. The number of rotatable bonds is 2. The molecule has 0 saturated heterocycles. The first-order chi connectivity index (χ1) is 8.95. The highest BCUT2D eigenvalue weighted by Gasteiger charge is 2.47. The highest BCUT2D eigenvalue weighted by molar-refractivity contribution is 5.54. The normalized spacial score (nSPS) is 29.9. The van der Waals surface area contributed by atoms with E-state index in [9.17, 15) is 0 Å². The largest absolute Gasteiger partial charge is 0.0991 e. The van der Waals surface area contributed by atoms with Crippen molar-refractivity contribution in [3.8, 4) is 0 Å². The summed E-state index contributed by atoms with van der Waals surface area (Å²) in [6.07, 6.45) is 7.52. The minimum Gasteiger partial charge on any atom is -0.0991 e. The molecular formula is C19H24. The van der Waals surface area contributed by atoms with Crippen molar-refractivity contribution in [1.29, 1.82) is 0 Å². The molecule has 1 aromatic rings. The summed E-state index contributed by atoms with van der Waals surface area (Å²) < 4.78 is 0. The van der Waals surface area contributed by atoms with Crippen molar-refractivity contribution in [2.24, 2.45) is 5.41 Å². The third-order valence-electron chi connectivity index (χ3n) is 4.39. The summed E-state index contributed by atoms with van der Waals surface area (Å²) in [5.41, 5.74) is 4.57. The van der Waals surface area contributed by atoms with Gasteiger partial charge in [-0.2, -0.15) is 0 Å². The minimum atomic E-state index is 0.0841. The second-order valence-corrected chi connectivity index (χ2v) is 6.28. The Balaban J connectivity index is 2.63. The SMILES string of the molecule is C=C/C=C1\C(=C/C)C(C)(C)CC1(C)c1ccccc1. The van der Waals surface area contributed by atoms with E-state index in [1.165, 1.54) is 16.7 Å². The molecule has 0 radical (unpaired) electrons. The summed E-state index contributed by atoms with van der Waals surface area (Å²) in [7, 11) is 0. The van der Waals surface area contributed by atoms with Gasteiger partial charge >= 0.3 is 0 Å². The third kappa shape index (κ3) is 2.20. The molecule has 1 atom stereocenters. The van der Waals surface area contributed by atoms with Gasteiger partial charge in [0.25, 0.3) is 0 Å². The fourth-order valence-corrected chi connectivity index (χ4v) is 3.74. The Bertz CT molecular complexity index is 528. The molecule has 0 amide bonds. The molecule has 100 valence electrons. The van der Waals surface area contributed by atoms with Crippen LogP contribution in [0.4, 0.5) is 0 Å². The van der Waals surface area contributed by atoms with Crippen LogP contribution < -0.4 is 0 Å². The van der Waals surface area contributed by atoms with E-state index in [2.05, 4.69) is 76.8 Å². The Morgan fingerprint density at radius 3 is 2.21 bits per heavy atom. The van der Waals surface area contributed by atoms with E-state index in [1.54, 1.807) is 0 Å². The van der Waals surface area contributed by atoms with Crippen molar-refractivity contribution in [2.75, 3.05) is 0 Å². The Morgan fingerprint density at radius 2 is 1.68 bits per heavy atom. The molecule has 0 N–H and O–H groups in total. The molecule has 19 heavy (non-hydrogen) atoms. The number of hydrogen-bond donors (Lipinski definition) is 0. The van der Waals surface area contributed by atoms with Gasteiger partial charge in [-0.3, -0.25) is 0 Å². The molecule has 0 spiro atoms. The Kier molecular flexibility index (Phi) is 3.54. The van der Waals surface area contributed by atoms with Gasteiger partial charge in [0.05, 0.1) is 0 Å². The second-order valence-electron chi connectivity index (χ2n) is 6.28. The van der Waals surface area contributed by atoms with E-state index in [0.29, 0.717) is 0 Å².